The molecule has 0 amide bonds. The van der Waals surface area contributed by atoms with Gasteiger partial charge < -0.3 is 4.57 Å². The van der Waals surface area contributed by atoms with Crippen LogP contribution in [-0.4, -0.2) is 15.3 Å². The molecule has 0 spiro atoms. The second-order valence-corrected chi connectivity index (χ2v) is 5.62. The first-order valence-electron chi connectivity index (χ1n) is 7.27. The van der Waals surface area contributed by atoms with Crippen LogP contribution >= 0.6 is 0 Å². The van der Waals surface area contributed by atoms with Crippen LogP contribution in [0.2, 0.25) is 0 Å². The van der Waals surface area contributed by atoms with E-state index in [-0.39, 0.29) is 5.78 Å². The number of imidazole rings is 1. The minimum Gasteiger partial charge on any atom is -0.306 e. The van der Waals surface area contributed by atoms with Crippen molar-refractivity contribution in [3.8, 4) is 5.69 Å². The third-order valence-corrected chi connectivity index (χ3v) is 3.81. The molecule has 0 aliphatic carbocycles. The van der Waals surface area contributed by atoms with Gasteiger partial charge in [-0.1, -0.05) is 29.8 Å². The summed E-state index contributed by atoms with van der Waals surface area (Å²) in [5.41, 5.74) is 5.66. The largest absolute Gasteiger partial charge is 0.306 e. The van der Waals surface area contributed by atoms with Gasteiger partial charge in [0.1, 0.15) is 0 Å². The molecule has 3 aromatic rings. The van der Waals surface area contributed by atoms with Gasteiger partial charge in [-0.3, -0.25) is 4.79 Å². The Hall–Kier alpha value is -2.68. The minimum atomic E-state index is 0.0666. The number of carbonyl (C=O) groups is 1. The Morgan fingerprint density at radius 3 is 2.41 bits per heavy atom. The Balaban J connectivity index is 2.05. The summed E-state index contributed by atoms with van der Waals surface area (Å²) in [7, 11) is 0. The van der Waals surface area contributed by atoms with Gasteiger partial charge in [-0.2, -0.15) is 0 Å². The molecule has 22 heavy (non-hydrogen) atoms. The first-order chi connectivity index (χ1) is 10.6. The number of aromatic nitrogens is 2. The van der Waals surface area contributed by atoms with E-state index < -0.39 is 0 Å². The fourth-order valence-electron chi connectivity index (χ4n) is 2.90. The molecule has 1 aromatic heterocycles. The molecule has 0 saturated carbocycles. The Bertz CT molecular complexity index is 809. The van der Waals surface area contributed by atoms with Crippen molar-refractivity contribution in [3.05, 3.63) is 82.9 Å². The van der Waals surface area contributed by atoms with Crippen molar-refractivity contribution in [2.24, 2.45) is 0 Å². The van der Waals surface area contributed by atoms with Crippen molar-refractivity contribution < 1.29 is 4.79 Å². The molecule has 3 nitrogen and oxygen atoms in total. The second-order valence-electron chi connectivity index (χ2n) is 5.62. The third kappa shape index (κ3) is 2.58. The predicted octanol–water partition coefficient (Wildman–Crippen LogP) is 4.03. The maximum absolute atomic E-state index is 12.9. The highest BCUT2D eigenvalue weighted by molar-refractivity contribution is 6.11. The van der Waals surface area contributed by atoms with Crippen LogP contribution < -0.4 is 0 Å². The van der Waals surface area contributed by atoms with E-state index in [0.717, 1.165) is 22.4 Å². The lowest BCUT2D eigenvalue weighted by molar-refractivity contribution is 0.103. The van der Waals surface area contributed by atoms with Crippen LogP contribution in [0.25, 0.3) is 5.69 Å². The SMILES string of the molecule is Cc1cc(C)c(C(=O)c2cccc(-n3ccnc3)c2)c(C)c1. The summed E-state index contributed by atoms with van der Waals surface area (Å²) in [5.74, 6) is 0.0666. The predicted molar refractivity (Wildman–Crippen MR) is 87.6 cm³/mol. The minimum absolute atomic E-state index is 0.0666. The van der Waals surface area contributed by atoms with Crippen molar-refractivity contribution in [2.45, 2.75) is 20.8 Å². The molecule has 3 rings (SSSR count). The summed E-state index contributed by atoms with van der Waals surface area (Å²) >= 11 is 0. The van der Waals surface area contributed by atoms with Gasteiger partial charge in [-0.15, -0.1) is 0 Å². The van der Waals surface area contributed by atoms with E-state index in [1.807, 2.05) is 55.8 Å². The van der Waals surface area contributed by atoms with Crippen molar-refractivity contribution in [1.29, 1.82) is 0 Å². The first kappa shape index (κ1) is 14.3. The van der Waals surface area contributed by atoms with Crippen molar-refractivity contribution in [2.75, 3.05) is 0 Å². The quantitative estimate of drug-likeness (QED) is 0.683. The number of hydrogen-bond acceptors (Lipinski definition) is 2. The zero-order chi connectivity index (χ0) is 15.7. The topological polar surface area (TPSA) is 34.9 Å². The summed E-state index contributed by atoms with van der Waals surface area (Å²) in [6.07, 6.45) is 5.32. The monoisotopic (exact) mass is 290 g/mol. The molecule has 0 N–H and O–H groups in total. The normalized spacial score (nSPS) is 10.7. The van der Waals surface area contributed by atoms with Crippen LogP contribution in [0.15, 0.2) is 55.1 Å². The molecule has 1 heterocycles. The van der Waals surface area contributed by atoms with Gasteiger partial charge in [0.2, 0.25) is 0 Å². The molecule has 0 unspecified atom stereocenters. The van der Waals surface area contributed by atoms with Crippen molar-refractivity contribution in [1.82, 2.24) is 9.55 Å². The fourth-order valence-corrected chi connectivity index (χ4v) is 2.90. The first-order valence-corrected chi connectivity index (χ1v) is 7.27. The molecule has 0 aliphatic heterocycles. The number of nitrogens with zero attached hydrogens (tertiary/aromatic N) is 2. The molecule has 110 valence electrons. The molecular weight excluding hydrogens is 272 g/mol. The molecule has 0 bridgehead atoms. The van der Waals surface area contributed by atoms with Crippen LogP contribution in [0.1, 0.15) is 32.6 Å². The molecule has 3 heteroatoms. The lowest BCUT2D eigenvalue weighted by atomic mass is 9.93. The Kier molecular flexibility index (Phi) is 3.63. The highest BCUT2D eigenvalue weighted by Gasteiger charge is 2.15. The zero-order valence-electron chi connectivity index (χ0n) is 13.0. The molecule has 0 atom stereocenters. The number of aryl methyl sites for hydroxylation is 3. The molecular formula is C19H18N2O. The Labute approximate surface area is 130 Å². The maximum atomic E-state index is 12.9. The molecule has 0 aliphatic rings. The van der Waals surface area contributed by atoms with Crippen LogP contribution in [-0.2, 0) is 0 Å². The summed E-state index contributed by atoms with van der Waals surface area (Å²) < 4.78 is 1.89. The van der Waals surface area contributed by atoms with Crippen molar-refractivity contribution in [3.63, 3.8) is 0 Å². The molecule has 0 fully saturated rings. The highest BCUT2D eigenvalue weighted by Crippen LogP contribution is 2.21. The third-order valence-electron chi connectivity index (χ3n) is 3.81. The molecule has 2 aromatic carbocycles. The maximum Gasteiger partial charge on any atom is 0.193 e. The van der Waals surface area contributed by atoms with E-state index in [0.29, 0.717) is 5.56 Å². The zero-order valence-corrected chi connectivity index (χ0v) is 13.0. The van der Waals surface area contributed by atoms with E-state index in [1.165, 1.54) is 5.56 Å². The highest BCUT2D eigenvalue weighted by atomic mass is 16.1. The summed E-state index contributed by atoms with van der Waals surface area (Å²) in [4.78, 5) is 16.9. The average molecular weight is 290 g/mol. The second kappa shape index (κ2) is 5.60. The number of ketones is 1. The van der Waals surface area contributed by atoms with Crippen LogP contribution in [0.3, 0.4) is 0 Å². The van der Waals surface area contributed by atoms with E-state index in [9.17, 15) is 4.79 Å². The van der Waals surface area contributed by atoms with Gasteiger partial charge in [0.15, 0.2) is 5.78 Å². The number of carbonyl (C=O) groups excluding carboxylic acids is 1. The smallest absolute Gasteiger partial charge is 0.193 e. The number of rotatable bonds is 3. The van der Waals surface area contributed by atoms with Crippen molar-refractivity contribution >= 4 is 5.78 Å². The Morgan fingerprint density at radius 2 is 1.77 bits per heavy atom. The fraction of sp³-hybridized carbons (Fsp3) is 0.158. The summed E-state index contributed by atoms with van der Waals surface area (Å²) in [6, 6.07) is 11.7. The van der Waals surface area contributed by atoms with Gasteiger partial charge in [0, 0.05) is 29.2 Å². The van der Waals surface area contributed by atoms with Gasteiger partial charge in [-0.05, 0) is 44.0 Å². The van der Waals surface area contributed by atoms with Gasteiger partial charge in [-0.25, -0.2) is 4.98 Å². The average Bonchev–Trinajstić information content (AvgIpc) is 3.00. The lowest BCUT2D eigenvalue weighted by Crippen LogP contribution is -2.07. The van der Waals surface area contributed by atoms with Crippen LogP contribution in [0, 0.1) is 20.8 Å². The summed E-state index contributed by atoms with van der Waals surface area (Å²) in [6.45, 7) is 6.04. The molecule has 0 saturated heterocycles. The van der Waals surface area contributed by atoms with Gasteiger partial charge >= 0.3 is 0 Å². The van der Waals surface area contributed by atoms with E-state index in [2.05, 4.69) is 17.1 Å². The summed E-state index contributed by atoms with van der Waals surface area (Å²) in [5, 5.41) is 0. The van der Waals surface area contributed by atoms with E-state index in [1.54, 1.807) is 12.5 Å². The lowest BCUT2D eigenvalue weighted by Gasteiger charge is -2.11. The van der Waals surface area contributed by atoms with Gasteiger partial charge in [0.05, 0.1) is 6.33 Å². The van der Waals surface area contributed by atoms with Crippen LogP contribution in [0.4, 0.5) is 0 Å². The molecule has 0 radical (unpaired) electrons. The van der Waals surface area contributed by atoms with Gasteiger partial charge in [0.25, 0.3) is 0 Å². The van der Waals surface area contributed by atoms with E-state index in [4.69, 9.17) is 0 Å². The van der Waals surface area contributed by atoms with Crippen LogP contribution in [0.5, 0.6) is 0 Å². The van der Waals surface area contributed by atoms with E-state index >= 15 is 0 Å². The standard InChI is InChI=1S/C19H18N2O/c1-13-9-14(2)18(15(3)10-13)19(22)16-5-4-6-17(11-16)21-8-7-20-12-21/h4-12H,1-3H3. The number of hydrogen-bond donors (Lipinski definition) is 0. The number of benzene rings is 2. The Morgan fingerprint density at radius 1 is 1.05 bits per heavy atom.